The van der Waals surface area contributed by atoms with Crippen LogP contribution >= 0.6 is 0 Å². The van der Waals surface area contributed by atoms with Gasteiger partial charge in [0.25, 0.3) is 0 Å². The van der Waals surface area contributed by atoms with E-state index in [2.05, 4.69) is 13.8 Å². The van der Waals surface area contributed by atoms with Gasteiger partial charge in [0.1, 0.15) is 0 Å². The lowest BCUT2D eigenvalue weighted by molar-refractivity contribution is 0.229. The fraction of sp³-hybridized carbons (Fsp3) is 1.00. The van der Waals surface area contributed by atoms with Gasteiger partial charge in [-0.3, -0.25) is 0 Å². The Bertz CT molecular complexity index is 226. The van der Waals surface area contributed by atoms with Gasteiger partial charge in [0.05, 0.1) is 0 Å². The van der Waals surface area contributed by atoms with Crippen molar-refractivity contribution in [2.45, 2.75) is 63.7 Å². The van der Waals surface area contributed by atoms with Crippen molar-refractivity contribution in [3.05, 3.63) is 0 Å². The molecule has 5 nitrogen and oxygen atoms in total. The monoisotopic (exact) mass is 336 g/mol. The van der Waals surface area contributed by atoms with Crippen molar-refractivity contribution in [3.63, 3.8) is 0 Å². The maximum Gasteiger partial charge on any atom is 0.328 e. The molecule has 0 fully saturated rings. The summed E-state index contributed by atoms with van der Waals surface area (Å²) in [5.74, 6) is 0. The largest absolute Gasteiger partial charge is 0.414 e. The topological polar surface area (TPSA) is 79.7 Å². The highest BCUT2D eigenvalue weighted by atomic mass is 28.5. The summed E-state index contributed by atoms with van der Waals surface area (Å²) in [4.78, 5) is 0. The van der Waals surface area contributed by atoms with E-state index in [1.54, 1.807) is 14.2 Å². The lowest BCUT2D eigenvalue weighted by Crippen LogP contribution is -2.54. The minimum atomic E-state index is -2.17. The second kappa shape index (κ2) is 11.8. The van der Waals surface area contributed by atoms with Crippen molar-refractivity contribution in [2.75, 3.05) is 27.3 Å². The van der Waals surface area contributed by atoms with E-state index in [0.717, 1.165) is 62.9 Å². The molecule has 0 aliphatic heterocycles. The lowest BCUT2D eigenvalue weighted by atomic mass is 10.3. The molecule has 0 amide bonds. The van der Waals surface area contributed by atoms with E-state index in [0.29, 0.717) is 0 Å². The first-order valence-electron chi connectivity index (χ1n) is 8.28. The summed E-state index contributed by atoms with van der Waals surface area (Å²) in [6, 6.07) is 3.94. The SMILES string of the molecule is CC[Si](CCCCN)(OC)O[Si](CC)(CCCCN)OC. The second-order valence-corrected chi connectivity index (χ2v) is 13.2. The van der Waals surface area contributed by atoms with Gasteiger partial charge in [0, 0.05) is 14.2 Å². The molecule has 0 aromatic carbocycles. The van der Waals surface area contributed by atoms with Gasteiger partial charge in [0.2, 0.25) is 0 Å². The molecule has 0 spiro atoms. The Kier molecular flexibility index (Phi) is 11.9. The summed E-state index contributed by atoms with van der Waals surface area (Å²) in [6.45, 7) is 5.80. The minimum absolute atomic E-state index is 0.731. The van der Waals surface area contributed by atoms with Crippen LogP contribution in [-0.2, 0) is 13.0 Å². The minimum Gasteiger partial charge on any atom is -0.414 e. The van der Waals surface area contributed by atoms with Crippen LogP contribution < -0.4 is 11.5 Å². The first-order valence-corrected chi connectivity index (χ1v) is 12.7. The highest BCUT2D eigenvalue weighted by molar-refractivity contribution is 6.81. The molecule has 0 rings (SSSR count). The lowest BCUT2D eigenvalue weighted by Gasteiger charge is -2.38. The van der Waals surface area contributed by atoms with Crippen LogP contribution in [0.4, 0.5) is 0 Å². The molecule has 0 aliphatic rings. The van der Waals surface area contributed by atoms with Gasteiger partial charge in [-0.2, -0.15) is 0 Å². The molecule has 0 aromatic rings. The first-order chi connectivity index (χ1) is 10.1. The molecule has 0 aliphatic carbocycles. The van der Waals surface area contributed by atoms with E-state index in [1.165, 1.54) is 0 Å². The second-order valence-electron chi connectivity index (χ2n) is 5.53. The smallest absolute Gasteiger partial charge is 0.328 e. The maximum absolute atomic E-state index is 6.67. The highest BCUT2D eigenvalue weighted by Gasteiger charge is 2.45. The van der Waals surface area contributed by atoms with Crippen molar-refractivity contribution in [2.24, 2.45) is 11.5 Å². The molecule has 7 heteroatoms. The number of unbranched alkanes of at least 4 members (excludes halogenated alkanes) is 2. The summed E-state index contributed by atoms with van der Waals surface area (Å²) in [5.41, 5.74) is 11.2. The Morgan fingerprint density at radius 2 is 1.10 bits per heavy atom. The predicted molar refractivity (Wildman–Crippen MR) is 93.8 cm³/mol. The van der Waals surface area contributed by atoms with Crippen LogP contribution in [-0.4, -0.2) is 44.4 Å². The van der Waals surface area contributed by atoms with Gasteiger partial charge in [-0.1, -0.05) is 26.7 Å². The van der Waals surface area contributed by atoms with Crippen LogP contribution in [0.2, 0.25) is 24.2 Å². The summed E-state index contributed by atoms with van der Waals surface area (Å²) < 4.78 is 18.5. The average Bonchev–Trinajstić information content (AvgIpc) is 2.53. The van der Waals surface area contributed by atoms with Gasteiger partial charge in [-0.15, -0.1) is 0 Å². The number of nitrogens with two attached hydrogens (primary N) is 2. The molecule has 0 saturated heterocycles. The molecule has 0 radical (unpaired) electrons. The average molecular weight is 337 g/mol. The van der Waals surface area contributed by atoms with Crippen molar-refractivity contribution in [1.82, 2.24) is 0 Å². The van der Waals surface area contributed by atoms with Crippen LogP contribution in [0.3, 0.4) is 0 Å². The van der Waals surface area contributed by atoms with E-state index in [1.807, 2.05) is 0 Å². The normalized spacial score (nSPS) is 17.4. The predicted octanol–water partition coefficient (Wildman–Crippen LogP) is 2.70. The van der Waals surface area contributed by atoms with Crippen LogP contribution in [0.5, 0.6) is 0 Å². The molecule has 0 saturated carbocycles. The van der Waals surface area contributed by atoms with Crippen LogP contribution in [0.25, 0.3) is 0 Å². The third-order valence-corrected chi connectivity index (χ3v) is 13.1. The van der Waals surface area contributed by atoms with Gasteiger partial charge in [0.15, 0.2) is 0 Å². The first kappa shape index (κ1) is 21.2. The molecule has 0 aromatic heterocycles. The number of hydrogen-bond donors (Lipinski definition) is 2. The molecule has 21 heavy (non-hydrogen) atoms. The van der Waals surface area contributed by atoms with Crippen molar-refractivity contribution < 1.29 is 13.0 Å². The summed E-state index contributed by atoms with van der Waals surface area (Å²) in [5, 5.41) is 0. The van der Waals surface area contributed by atoms with E-state index >= 15 is 0 Å². The van der Waals surface area contributed by atoms with Crippen LogP contribution in [0.15, 0.2) is 0 Å². The summed E-state index contributed by atoms with van der Waals surface area (Å²) >= 11 is 0. The standard InChI is InChI=1S/C14H36N2O3Si2/c1-5-20(17-3,13-9-7-11-15)19-21(6-2,18-4)14-10-8-12-16/h5-16H2,1-4H3. The van der Waals surface area contributed by atoms with Crippen molar-refractivity contribution in [3.8, 4) is 0 Å². The highest BCUT2D eigenvalue weighted by Crippen LogP contribution is 2.30. The van der Waals surface area contributed by atoms with Gasteiger partial charge in [-0.05, 0) is 50.1 Å². The van der Waals surface area contributed by atoms with Crippen LogP contribution in [0, 0.1) is 0 Å². The Labute approximate surface area is 133 Å². The molecular formula is C14H36N2O3Si2. The van der Waals surface area contributed by atoms with E-state index < -0.39 is 17.1 Å². The molecule has 128 valence electrons. The quantitative estimate of drug-likeness (QED) is 0.376. The zero-order valence-electron chi connectivity index (χ0n) is 14.5. The third-order valence-electron chi connectivity index (χ3n) is 4.22. The molecule has 2 atom stereocenters. The van der Waals surface area contributed by atoms with Gasteiger partial charge >= 0.3 is 17.1 Å². The molecule has 0 heterocycles. The van der Waals surface area contributed by atoms with E-state index in [-0.39, 0.29) is 0 Å². The maximum atomic E-state index is 6.67. The molecule has 0 bridgehead atoms. The van der Waals surface area contributed by atoms with E-state index in [4.69, 9.17) is 24.4 Å². The Balaban J connectivity index is 4.85. The molecule has 2 unspecified atom stereocenters. The Morgan fingerprint density at radius 1 is 0.714 bits per heavy atom. The van der Waals surface area contributed by atoms with Crippen LogP contribution in [0.1, 0.15) is 39.5 Å². The fourth-order valence-electron chi connectivity index (χ4n) is 2.59. The van der Waals surface area contributed by atoms with Gasteiger partial charge < -0.3 is 24.4 Å². The zero-order chi connectivity index (χ0) is 16.2. The summed E-state index contributed by atoms with van der Waals surface area (Å²) in [6.07, 6.45) is 4.21. The molecular weight excluding hydrogens is 300 g/mol. The Hall–Kier alpha value is 0.234. The molecule has 4 N–H and O–H groups in total. The van der Waals surface area contributed by atoms with Gasteiger partial charge in [-0.25, -0.2) is 0 Å². The zero-order valence-corrected chi connectivity index (χ0v) is 16.5. The van der Waals surface area contributed by atoms with Crippen molar-refractivity contribution >= 4 is 17.1 Å². The van der Waals surface area contributed by atoms with E-state index in [9.17, 15) is 0 Å². The number of hydrogen-bond acceptors (Lipinski definition) is 5. The third kappa shape index (κ3) is 7.36. The number of rotatable bonds is 14. The van der Waals surface area contributed by atoms with Crippen molar-refractivity contribution in [1.29, 1.82) is 0 Å². The fourth-order valence-corrected chi connectivity index (χ4v) is 11.2. The Morgan fingerprint density at radius 3 is 1.33 bits per heavy atom. The summed E-state index contributed by atoms with van der Waals surface area (Å²) in [7, 11) is -0.748.